The molecule has 1 amide bonds. The van der Waals surface area contributed by atoms with E-state index in [0.717, 1.165) is 23.4 Å². The molecule has 162 valence electrons. The zero-order chi connectivity index (χ0) is 22.4. The molecule has 0 aliphatic heterocycles. The fourth-order valence-corrected chi connectivity index (χ4v) is 2.82. The van der Waals surface area contributed by atoms with Crippen molar-refractivity contribution in [2.24, 2.45) is 4.99 Å². The summed E-state index contributed by atoms with van der Waals surface area (Å²) in [4.78, 5) is 16.9. The van der Waals surface area contributed by atoms with Crippen molar-refractivity contribution in [2.75, 3.05) is 19.0 Å². The van der Waals surface area contributed by atoms with E-state index in [9.17, 15) is 13.6 Å². The van der Waals surface area contributed by atoms with Crippen LogP contribution < -0.4 is 10.6 Å². The number of carbonyl (C=O) groups excluding carboxylic acids is 1. The molecule has 0 saturated heterocycles. The number of halogens is 3. The second-order valence-corrected chi connectivity index (χ2v) is 7.10. The summed E-state index contributed by atoms with van der Waals surface area (Å²) in [7, 11) is 1.53. The summed E-state index contributed by atoms with van der Waals surface area (Å²) < 4.78 is 31.7. The highest BCUT2D eigenvalue weighted by Crippen LogP contribution is 2.21. The Morgan fingerprint density at radius 2 is 1.94 bits per heavy atom. The van der Waals surface area contributed by atoms with Gasteiger partial charge in [0.25, 0.3) is 5.91 Å². The maximum absolute atomic E-state index is 13.5. The smallest absolute Gasteiger partial charge is 0.258 e. The lowest BCUT2D eigenvalue weighted by molar-refractivity contribution is 0.0976. The number of aliphatic imine (C=N–C) groups is 1. The van der Waals surface area contributed by atoms with Gasteiger partial charge in [0, 0.05) is 23.8 Å². The maximum Gasteiger partial charge on any atom is 0.258 e. The number of carbonyl (C=O) groups is 1. The number of aromatic amines is 1. The van der Waals surface area contributed by atoms with Gasteiger partial charge in [-0.25, -0.2) is 13.8 Å². The van der Waals surface area contributed by atoms with E-state index in [-0.39, 0.29) is 17.6 Å². The first kappa shape index (κ1) is 22.4. The van der Waals surface area contributed by atoms with Crippen LogP contribution in [-0.2, 0) is 4.74 Å². The van der Waals surface area contributed by atoms with Crippen LogP contribution in [0.5, 0.6) is 0 Å². The molecule has 0 unspecified atom stereocenters. The van der Waals surface area contributed by atoms with Gasteiger partial charge in [0.1, 0.15) is 0 Å². The molecule has 7 nitrogen and oxygen atoms in total. The summed E-state index contributed by atoms with van der Waals surface area (Å²) in [5.41, 5.74) is 1.52. The highest BCUT2D eigenvalue weighted by molar-refractivity contribution is 6.30. The minimum Gasteiger partial charge on any atom is -0.382 e. The predicted molar refractivity (Wildman–Crippen MR) is 115 cm³/mol. The van der Waals surface area contributed by atoms with E-state index in [0.29, 0.717) is 17.4 Å². The monoisotopic (exact) mass is 447 g/mol. The van der Waals surface area contributed by atoms with Crippen LogP contribution in [0, 0.1) is 11.6 Å². The fraction of sp³-hybridized carbons (Fsp3) is 0.190. The lowest BCUT2D eigenvalue weighted by Crippen LogP contribution is -2.37. The van der Waals surface area contributed by atoms with Crippen LogP contribution in [-0.4, -0.2) is 41.8 Å². The Hall–Kier alpha value is -3.30. The van der Waals surface area contributed by atoms with Crippen LogP contribution in [0.2, 0.25) is 5.02 Å². The number of guanidine groups is 1. The van der Waals surface area contributed by atoms with E-state index in [1.54, 1.807) is 25.1 Å². The first-order valence-electron chi connectivity index (χ1n) is 9.27. The van der Waals surface area contributed by atoms with Crippen molar-refractivity contribution in [1.29, 1.82) is 0 Å². The van der Waals surface area contributed by atoms with E-state index in [4.69, 9.17) is 16.3 Å². The van der Waals surface area contributed by atoms with Gasteiger partial charge in [-0.05, 0) is 42.8 Å². The van der Waals surface area contributed by atoms with E-state index in [1.165, 1.54) is 13.2 Å². The molecule has 10 heteroatoms. The van der Waals surface area contributed by atoms with Crippen molar-refractivity contribution in [3.05, 3.63) is 70.8 Å². The Labute approximate surface area is 182 Å². The van der Waals surface area contributed by atoms with Gasteiger partial charge in [-0.15, -0.1) is 0 Å². The number of methoxy groups -OCH3 is 1. The molecule has 0 radical (unpaired) electrons. The highest BCUT2D eigenvalue weighted by atomic mass is 35.5. The lowest BCUT2D eigenvalue weighted by atomic mass is 10.1. The quantitative estimate of drug-likeness (QED) is 0.389. The maximum atomic E-state index is 13.5. The van der Waals surface area contributed by atoms with Crippen LogP contribution in [0.3, 0.4) is 0 Å². The molecule has 0 spiro atoms. The normalized spacial score (nSPS) is 12.5. The van der Waals surface area contributed by atoms with E-state index >= 15 is 0 Å². The minimum atomic E-state index is -1.12. The SMILES string of the molecule is COC[C@H](C)N=C(NC(=O)c1ccc(F)c(F)c1)Nc1cc(-c2ccc(Cl)cc2)[nH]n1. The molecule has 3 N–H and O–H groups in total. The predicted octanol–water partition coefficient (Wildman–Crippen LogP) is 4.24. The number of ether oxygens (including phenoxy) is 1. The Kier molecular flexibility index (Phi) is 7.32. The summed E-state index contributed by atoms with van der Waals surface area (Å²) >= 11 is 5.92. The lowest BCUT2D eigenvalue weighted by Gasteiger charge is -2.13. The number of nitrogens with one attached hydrogen (secondary N) is 3. The molecule has 0 fully saturated rings. The number of benzene rings is 2. The molecule has 1 aromatic heterocycles. The van der Waals surface area contributed by atoms with Gasteiger partial charge in [-0.3, -0.25) is 15.2 Å². The first-order chi connectivity index (χ1) is 14.9. The van der Waals surface area contributed by atoms with Gasteiger partial charge >= 0.3 is 0 Å². The Morgan fingerprint density at radius 3 is 2.61 bits per heavy atom. The van der Waals surface area contributed by atoms with Crippen molar-refractivity contribution >= 4 is 29.3 Å². The molecule has 3 rings (SSSR count). The molecule has 0 aliphatic rings. The van der Waals surface area contributed by atoms with Crippen molar-refractivity contribution in [1.82, 2.24) is 15.5 Å². The zero-order valence-electron chi connectivity index (χ0n) is 16.7. The third-order valence-electron chi connectivity index (χ3n) is 4.15. The molecule has 0 bridgehead atoms. The number of aromatic nitrogens is 2. The van der Waals surface area contributed by atoms with Gasteiger partial charge in [0.2, 0.25) is 5.96 Å². The van der Waals surface area contributed by atoms with Crippen molar-refractivity contribution < 1.29 is 18.3 Å². The number of hydrogen-bond donors (Lipinski definition) is 3. The van der Waals surface area contributed by atoms with Gasteiger partial charge in [0.05, 0.1) is 18.3 Å². The van der Waals surface area contributed by atoms with Crippen LogP contribution in [0.1, 0.15) is 17.3 Å². The molecule has 31 heavy (non-hydrogen) atoms. The second kappa shape index (κ2) is 10.1. The average molecular weight is 448 g/mol. The molecule has 0 aliphatic carbocycles. The van der Waals surface area contributed by atoms with E-state index in [2.05, 4.69) is 25.8 Å². The summed E-state index contributed by atoms with van der Waals surface area (Å²) in [6.07, 6.45) is 0. The molecule has 3 aromatic rings. The molecular formula is C21H20ClF2N5O2. The molecule has 1 heterocycles. The second-order valence-electron chi connectivity index (χ2n) is 6.66. The molecule has 1 atom stereocenters. The summed E-state index contributed by atoms with van der Waals surface area (Å²) in [5.74, 6) is -2.36. The van der Waals surface area contributed by atoms with Crippen molar-refractivity contribution in [2.45, 2.75) is 13.0 Å². The van der Waals surface area contributed by atoms with Crippen LogP contribution in [0.15, 0.2) is 53.5 Å². The third kappa shape index (κ3) is 6.09. The number of anilines is 1. The minimum absolute atomic E-state index is 0.0586. The Morgan fingerprint density at radius 1 is 1.19 bits per heavy atom. The summed E-state index contributed by atoms with van der Waals surface area (Å²) in [6, 6.07) is 11.5. The number of rotatable bonds is 6. The average Bonchev–Trinajstić information content (AvgIpc) is 3.19. The van der Waals surface area contributed by atoms with Gasteiger partial charge in [-0.1, -0.05) is 23.7 Å². The van der Waals surface area contributed by atoms with Crippen LogP contribution in [0.25, 0.3) is 11.3 Å². The largest absolute Gasteiger partial charge is 0.382 e. The van der Waals surface area contributed by atoms with E-state index < -0.39 is 17.5 Å². The van der Waals surface area contributed by atoms with Crippen LogP contribution >= 0.6 is 11.6 Å². The van der Waals surface area contributed by atoms with E-state index in [1.807, 2.05) is 12.1 Å². The highest BCUT2D eigenvalue weighted by Gasteiger charge is 2.14. The van der Waals surface area contributed by atoms with Gasteiger partial charge in [0.15, 0.2) is 17.5 Å². The Balaban J connectivity index is 1.80. The van der Waals surface area contributed by atoms with Crippen molar-refractivity contribution in [3.63, 3.8) is 0 Å². The van der Waals surface area contributed by atoms with Crippen LogP contribution in [0.4, 0.5) is 14.6 Å². The summed E-state index contributed by atoms with van der Waals surface area (Å²) in [5, 5.41) is 13.2. The molecular weight excluding hydrogens is 428 g/mol. The van der Waals surface area contributed by atoms with Gasteiger partial charge in [-0.2, -0.15) is 5.10 Å². The zero-order valence-corrected chi connectivity index (χ0v) is 17.5. The topological polar surface area (TPSA) is 91.4 Å². The molecule has 2 aromatic carbocycles. The number of H-pyrrole nitrogens is 1. The standard InChI is InChI=1S/C21H20ClF2N5O2/c1-12(11-31-2)25-21(27-20(30)14-5-8-16(23)17(24)9-14)26-19-10-18(28-29-19)13-3-6-15(22)7-4-13/h3-10,12H,11H2,1-2H3,(H3,25,26,27,28,29,30)/t12-/m0/s1. The molecule has 0 saturated carbocycles. The third-order valence-corrected chi connectivity index (χ3v) is 4.40. The number of hydrogen-bond acceptors (Lipinski definition) is 4. The fourth-order valence-electron chi connectivity index (χ4n) is 2.70. The number of nitrogens with zero attached hydrogens (tertiary/aromatic N) is 2. The Bertz CT molecular complexity index is 1090. The summed E-state index contributed by atoms with van der Waals surface area (Å²) in [6.45, 7) is 2.10. The van der Waals surface area contributed by atoms with Gasteiger partial charge < -0.3 is 10.1 Å². The number of amides is 1. The first-order valence-corrected chi connectivity index (χ1v) is 9.65. The van der Waals surface area contributed by atoms with Crippen molar-refractivity contribution in [3.8, 4) is 11.3 Å².